The number of hydrogen-bond donors (Lipinski definition) is 1. The summed E-state index contributed by atoms with van der Waals surface area (Å²) in [5.74, 6) is 1.15. The van der Waals surface area contributed by atoms with Gasteiger partial charge in [0.15, 0.2) is 0 Å². The van der Waals surface area contributed by atoms with Gasteiger partial charge in [0.25, 0.3) is 0 Å². The van der Waals surface area contributed by atoms with Crippen molar-refractivity contribution in [2.75, 3.05) is 31.9 Å². The van der Waals surface area contributed by atoms with Gasteiger partial charge in [-0.25, -0.2) is 0 Å². The summed E-state index contributed by atoms with van der Waals surface area (Å²) >= 11 is 1.93. The highest BCUT2D eigenvalue weighted by atomic mass is 32.2. The smallest absolute Gasteiger partial charge is 0.0192 e. The molecule has 0 amide bonds. The van der Waals surface area contributed by atoms with E-state index in [1.54, 1.807) is 0 Å². The van der Waals surface area contributed by atoms with Crippen molar-refractivity contribution in [1.82, 2.24) is 10.2 Å². The topological polar surface area (TPSA) is 15.3 Å². The number of thioether (sulfide) groups is 1. The molecule has 2 nitrogen and oxygen atoms in total. The maximum Gasteiger partial charge on any atom is 0.0192 e. The number of nitrogens with zero attached hydrogens (tertiary/aromatic N) is 1. The molecule has 1 aliphatic heterocycles. The van der Waals surface area contributed by atoms with Crippen LogP contribution in [0.15, 0.2) is 35.2 Å². The molecule has 1 fully saturated rings. The minimum Gasteiger partial charge on any atom is -0.314 e. The van der Waals surface area contributed by atoms with E-state index in [1.807, 2.05) is 11.8 Å². The predicted octanol–water partition coefficient (Wildman–Crippen LogP) is 2.85. The quantitative estimate of drug-likeness (QED) is 0.602. The molecule has 1 aromatic carbocycles. The molecule has 0 saturated carbocycles. The lowest BCUT2D eigenvalue weighted by atomic mass is 10.3. The Morgan fingerprint density at radius 1 is 1.22 bits per heavy atom. The Balaban J connectivity index is 1.53. The molecule has 0 bridgehead atoms. The molecule has 0 aromatic heterocycles. The lowest BCUT2D eigenvalue weighted by Gasteiger charge is -2.23. The van der Waals surface area contributed by atoms with E-state index >= 15 is 0 Å². The fourth-order valence-corrected chi connectivity index (χ4v) is 3.21. The molecule has 3 heteroatoms. The molecule has 1 aromatic rings. The maximum absolute atomic E-state index is 3.57. The zero-order chi connectivity index (χ0) is 12.6. The predicted molar refractivity (Wildman–Crippen MR) is 80.3 cm³/mol. The molecular weight excluding hydrogens is 240 g/mol. The maximum atomic E-state index is 3.57. The molecule has 0 aliphatic carbocycles. The second kappa shape index (κ2) is 7.82. The zero-order valence-corrected chi connectivity index (χ0v) is 12.1. The Morgan fingerprint density at radius 3 is 2.67 bits per heavy atom. The molecule has 1 N–H and O–H groups in total. The van der Waals surface area contributed by atoms with E-state index < -0.39 is 0 Å². The first-order valence-corrected chi connectivity index (χ1v) is 7.97. The Hall–Kier alpha value is -0.510. The Bertz CT molecular complexity index is 323. The van der Waals surface area contributed by atoms with Crippen molar-refractivity contribution in [3.05, 3.63) is 30.3 Å². The fourth-order valence-electron chi connectivity index (χ4n) is 2.38. The Morgan fingerprint density at radius 2 is 1.94 bits per heavy atom. The van der Waals surface area contributed by atoms with Crippen molar-refractivity contribution < 1.29 is 0 Å². The first-order chi connectivity index (χ1) is 8.86. The van der Waals surface area contributed by atoms with Crippen LogP contribution in [0.3, 0.4) is 0 Å². The first-order valence-electron chi connectivity index (χ1n) is 6.99. The van der Waals surface area contributed by atoms with Gasteiger partial charge in [0.05, 0.1) is 0 Å². The molecule has 1 saturated heterocycles. The molecule has 1 atom stereocenters. The van der Waals surface area contributed by atoms with Crippen molar-refractivity contribution in [1.29, 1.82) is 0 Å². The second-order valence-corrected chi connectivity index (χ2v) is 6.13. The molecule has 1 unspecified atom stereocenters. The molecule has 100 valence electrons. The van der Waals surface area contributed by atoms with Crippen molar-refractivity contribution in [2.24, 2.45) is 0 Å². The number of hydrogen-bond acceptors (Lipinski definition) is 3. The van der Waals surface area contributed by atoms with Crippen molar-refractivity contribution >= 4 is 11.8 Å². The van der Waals surface area contributed by atoms with Gasteiger partial charge < -0.3 is 5.32 Å². The summed E-state index contributed by atoms with van der Waals surface area (Å²) in [7, 11) is 0. The third-order valence-electron chi connectivity index (χ3n) is 3.49. The zero-order valence-electron chi connectivity index (χ0n) is 11.3. The van der Waals surface area contributed by atoms with Crippen LogP contribution in [0, 0.1) is 0 Å². The van der Waals surface area contributed by atoms with Gasteiger partial charge in [-0.3, -0.25) is 4.90 Å². The average molecular weight is 264 g/mol. The SMILES string of the molecule is CC(CNCCSc1ccccc1)N1CCCC1. The van der Waals surface area contributed by atoms with Gasteiger partial charge in [0.1, 0.15) is 0 Å². The summed E-state index contributed by atoms with van der Waals surface area (Å²) in [5, 5.41) is 3.57. The Labute approximate surface area is 115 Å². The van der Waals surface area contributed by atoms with Crippen molar-refractivity contribution in [3.8, 4) is 0 Å². The van der Waals surface area contributed by atoms with Crippen LogP contribution in [0.5, 0.6) is 0 Å². The van der Waals surface area contributed by atoms with Crippen LogP contribution in [0.2, 0.25) is 0 Å². The second-order valence-electron chi connectivity index (χ2n) is 4.96. The van der Waals surface area contributed by atoms with Crippen molar-refractivity contribution in [2.45, 2.75) is 30.7 Å². The highest BCUT2D eigenvalue weighted by Crippen LogP contribution is 2.15. The first kappa shape index (κ1) is 13.9. The van der Waals surface area contributed by atoms with Gasteiger partial charge in [-0.2, -0.15) is 0 Å². The number of benzene rings is 1. The lowest BCUT2D eigenvalue weighted by Crippen LogP contribution is -2.39. The van der Waals surface area contributed by atoms with E-state index in [4.69, 9.17) is 0 Å². The van der Waals surface area contributed by atoms with E-state index in [2.05, 4.69) is 47.5 Å². The third-order valence-corrected chi connectivity index (χ3v) is 4.51. The molecule has 0 spiro atoms. The van der Waals surface area contributed by atoms with Gasteiger partial charge >= 0.3 is 0 Å². The van der Waals surface area contributed by atoms with E-state index in [-0.39, 0.29) is 0 Å². The minimum absolute atomic E-state index is 0.689. The lowest BCUT2D eigenvalue weighted by molar-refractivity contribution is 0.253. The molecular formula is C15H24N2S. The van der Waals surface area contributed by atoms with Crippen LogP contribution in [0.1, 0.15) is 19.8 Å². The summed E-state index contributed by atoms with van der Waals surface area (Å²) in [6.07, 6.45) is 2.77. The van der Waals surface area contributed by atoms with Crippen LogP contribution < -0.4 is 5.32 Å². The van der Waals surface area contributed by atoms with Crippen molar-refractivity contribution in [3.63, 3.8) is 0 Å². The average Bonchev–Trinajstić information content (AvgIpc) is 2.93. The summed E-state index contributed by atoms with van der Waals surface area (Å²) in [6, 6.07) is 11.3. The van der Waals surface area contributed by atoms with Gasteiger partial charge in [0.2, 0.25) is 0 Å². The summed E-state index contributed by atoms with van der Waals surface area (Å²) in [5.41, 5.74) is 0. The van der Waals surface area contributed by atoms with Crippen LogP contribution in [0.4, 0.5) is 0 Å². The summed E-state index contributed by atoms with van der Waals surface area (Å²) in [6.45, 7) is 7.14. The van der Waals surface area contributed by atoms with Gasteiger partial charge in [-0.15, -0.1) is 11.8 Å². The third kappa shape index (κ3) is 4.63. The summed E-state index contributed by atoms with van der Waals surface area (Å²) < 4.78 is 0. The van der Waals surface area contributed by atoms with Crippen LogP contribution in [-0.4, -0.2) is 42.9 Å². The van der Waals surface area contributed by atoms with E-state index in [9.17, 15) is 0 Å². The van der Waals surface area contributed by atoms with E-state index in [0.29, 0.717) is 6.04 Å². The highest BCUT2D eigenvalue weighted by molar-refractivity contribution is 7.99. The number of rotatable bonds is 7. The minimum atomic E-state index is 0.689. The Kier molecular flexibility index (Phi) is 6.05. The largest absolute Gasteiger partial charge is 0.314 e. The van der Waals surface area contributed by atoms with E-state index in [1.165, 1.54) is 30.8 Å². The standard InChI is InChI=1S/C15H24N2S/c1-14(17-10-5-6-11-17)13-16-9-12-18-15-7-3-2-4-8-15/h2-4,7-8,14,16H,5-6,9-13H2,1H3. The van der Waals surface area contributed by atoms with Crippen LogP contribution in [-0.2, 0) is 0 Å². The highest BCUT2D eigenvalue weighted by Gasteiger charge is 2.16. The number of likely N-dealkylation sites (tertiary alicyclic amines) is 1. The fraction of sp³-hybridized carbons (Fsp3) is 0.600. The van der Waals surface area contributed by atoms with Crippen LogP contribution in [0.25, 0.3) is 0 Å². The van der Waals surface area contributed by atoms with Gasteiger partial charge in [-0.1, -0.05) is 18.2 Å². The molecule has 18 heavy (non-hydrogen) atoms. The molecule has 1 aliphatic rings. The van der Waals surface area contributed by atoms with E-state index in [0.717, 1.165) is 18.8 Å². The van der Waals surface area contributed by atoms with Gasteiger partial charge in [0, 0.05) is 29.8 Å². The van der Waals surface area contributed by atoms with Crippen LogP contribution >= 0.6 is 11.8 Å². The number of nitrogens with one attached hydrogen (secondary N) is 1. The molecule has 1 heterocycles. The molecule has 0 radical (unpaired) electrons. The summed E-state index contributed by atoms with van der Waals surface area (Å²) in [4.78, 5) is 3.96. The normalized spacial score (nSPS) is 18.1. The van der Waals surface area contributed by atoms with Gasteiger partial charge in [-0.05, 0) is 45.0 Å². The monoisotopic (exact) mass is 264 g/mol. The molecule has 2 rings (SSSR count).